The van der Waals surface area contributed by atoms with E-state index in [0.717, 1.165) is 31.9 Å². The van der Waals surface area contributed by atoms with Crippen molar-refractivity contribution in [2.24, 2.45) is 0 Å². The van der Waals surface area contributed by atoms with E-state index in [4.69, 9.17) is 4.74 Å². The van der Waals surface area contributed by atoms with Crippen molar-refractivity contribution in [3.63, 3.8) is 0 Å². The van der Waals surface area contributed by atoms with Crippen molar-refractivity contribution in [2.75, 3.05) is 26.2 Å². The fourth-order valence-corrected chi connectivity index (χ4v) is 2.66. The number of ether oxygens (including phenoxy) is 1. The molecule has 17 heavy (non-hydrogen) atoms. The van der Waals surface area contributed by atoms with Gasteiger partial charge in [0.15, 0.2) is 0 Å². The van der Waals surface area contributed by atoms with Crippen LogP contribution in [0, 0.1) is 0 Å². The fraction of sp³-hybridized carbons (Fsp3) is 0.538. The fourth-order valence-electron chi connectivity index (χ4n) is 1.74. The maximum atomic E-state index is 5.63. The van der Waals surface area contributed by atoms with Crippen molar-refractivity contribution in [3.8, 4) is 5.75 Å². The number of rotatable bonds is 4. The lowest BCUT2D eigenvalue weighted by Gasteiger charge is -2.25. The Morgan fingerprint density at radius 3 is 2.41 bits per heavy atom. The molecule has 1 aliphatic rings. The van der Waals surface area contributed by atoms with Gasteiger partial charge in [0.2, 0.25) is 0 Å². The quantitative estimate of drug-likeness (QED) is 0.832. The Balaban J connectivity index is 1.88. The van der Waals surface area contributed by atoms with E-state index in [0.29, 0.717) is 0 Å². The molecule has 94 valence electrons. The number of benzene rings is 1. The highest BCUT2D eigenvalue weighted by atomic mass is 32.2. The third kappa shape index (κ3) is 4.22. The third-order valence-electron chi connectivity index (χ3n) is 2.51. The van der Waals surface area contributed by atoms with Crippen molar-refractivity contribution in [2.45, 2.75) is 24.8 Å². The minimum Gasteiger partial charge on any atom is -0.491 e. The summed E-state index contributed by atoms with van der Waals surface area (Å²) in [4.78, 5) is 1.28. The third-order valence-corrected chi connectivity index (χ3v) is 3.61. The molecular formula is C13H20N2OS. The average Bonchev–Trinajstić information content (AvgIpc) is 2.32. The van der Waals surface area contributed by atoms with Crippen LogP contribution in [0.3, 0.4) is 0 Å². The van der Waals surface area contributed by atoms with Crippen LogP contribution in [0.1, 0.15) is 13.8 Å². The van der Waals surface area contributed by atoms with Crippen LogP contribution in [0.2, 0.25) is 0 Å². The normalized spacial score (nSPS) is 17.4. The van der Waals surface area contributed by atoms with Gasteiger partial charge in [0.05, 0.1) is 6.10 Å². The molecule has 0 aliphatic carbocycles. The molecule has 1 aromatic carbocycles. The molecule has 0 radical (unpaired) electrons. The number of hydrogen-bond acceptors (Lipinski definition) is 4. The van der Waals surface area contributed by atoms with Crippen molar-refractivity contribution >= 4 is 11.9 Å². The standard InChI is InChI=1S/C13H20N2OS/c1-11(2)16-12-3-5-13(6-4-12)17-15-9-7-14-8-10-15/h3-6,11,14H,7-10H2,1-2H3. The van der Waals surface area contributed by atoms with Gasteiger partial charge in [-0.1, -0.05) is 0 Å². The van der Waals surface area contributed by atoms with E-state index in [2.05, 4.69) is 21.8 Å². The van der Waals surface area contributed by atoms with E-state index in [1.807, 2.05) is 37.9 Å². The zero-order chi connectivity index (χ0) is 12.1. The Labute approximate surface area is 108 Å². The van der Waals surface area contributed by atoms with Gasteiger partial charge in [0, 0.05) is 31.1 Å². The first-order chi connectivity index (χ1) is 8.24. The van der Waals surface area contributed by atoms with Crippen molar-refractivity contribution in [1.29, 1.82) is 0 Å². The lowest BCUT2D eigenvalue weighted by atomic mass is 10.3. The van der Waals surface area contributed by atoms with Crippen molar-refractivity contribution in [3.05, 3.63) is 24.3 Å². The molecule has 0 bridgehead atoms. The molecule has 1 fully saturated rings. The molecule has 0 saturated carbocycles. The van der Waals surface area contributed by atoms with Crippen molar-refractivity contribution < 1.29 is 4.74 Å². The highest BCUT2D eigenvalue weighted by Gasteiger charge is 2.10. The van der Waals surface area contributed by atoms with Gasteiger partial charge in [-0.15, -0.1) is 0 Å². The lowest BCUT2D eigenvalue weighted by molar-refractivity contribution is 0.242. The van der Waals surface area contributed by atoms with Gasteiger partial charge in [0.1, 0.15) is 5.75 Å². The second-order valence-corrected chi connectivity index (χ2v) is 5.58. The van der Waals surface area contributed by atoms with Crippen LogP contribution in [0.15, 0.2) is 29.2 Å². The van der Waals surface area contributed by atoms with Gasteiger partial charge in [-0.2, -0.15) is 0 Å². The summed E-state index contributed by atoms with van der Waals surface area (Å²) in [6.07, 6.45) is 0.238. The Morgan fingerprint density at radius 2 is 1.82 bits per heavy atom. The molecule has 3 nitrogen and oxygen atoms in total. The maximum absolute atomic E-state index is 5.63. The SMILES string of the molecule is CC(C)Oc1ccc(SN2CCNCC2)cc1. The van der Waals surface area contributed by atoms with Crippen LogP contribution in [-0.2, 0) is 0 Å². The number of piperazine rings is 1. The molecule has 1 aromatic rings. The first kappa shape index (κ1) is 12.7. The molecule has 0 spiro atoms. The van der Waals surface area contributed by atoms with E-state index in [1.54, 1.807) is 0 Å². The molecule has 0 amide bonds. The predicted molar refractivity (Wildman–Crippen MR) is 72.5 cm³/mol. The number of nitrogens with one attached hydrogen (secondary N) is 1. The van der Waals surface area contributed by atoms with Gasteiger partial charge in [-0.05, 0) is 50.1 Å². The summed E-state index contributed by atoms with van der Waals surface area (Å²) < 4.78 is 8.02. The van der Waals surface area contributed by atoms with Gasteiger partial charge in [0.25, 0.3) is 0 Å². The largest absolute Gasteiger partial charge is 0.491 e. The van der Waals surface area contributed by atoms with Crippen LogP contribution < -0.4 is 10.1 Å². The summed E-state index contributed by atoms with van der Waals surface area (Å²) in [6.45, 7) is 8.47. The molecule has 1 aliphatic heterocycles. The van der Waals surface area contributed by atoms with Crippen LogP contribution in [0.4, 0.5) is 0 Å². The first-order valence-electron chi connectivity index (χ1n) is 6.14. The van der Waals surface area contributed by atoms with Crippen molar-refractivity contribution in [1.82, 2.24) is 9.62 Å². The Kier molecular flexibility index (Phi) is 4.71. The van der Waals surface area contributed by atoms with E-state index in [1.165, 1.54) is 4.90 Å². The summed E-state index contributed by atoms with van der Waals surface area (Å²) >= 11 is 1.83. The van der Waals surface area contributed by atoms with Crippen LogP contribution in [0.25, 0.3) is 0 Å². The van der Waals surface area contributed by atoms with Gasteiger partial charge in [-0.3, -0.25) is 0 Å². The molecule has 1 N–H and O–H groups in total. The Hall–Kier alpha value is -0.710. The number of hydrogen-bond donors (Lipinski definition) is 1. The maximum Gasteiger partial charge on any atom is 0.119 e. The van der Waals surface area contributed by atoms with Crippen LogP contribution in [0.5, 0.6) is 5.75 Å². The summed E-state index contributed by atoms with van der Waals surface area (Å²) in [5, 5.41) is 3.36. The van der Waals surface area contributed by atoms with E-state index in [-0.39, 0.29) is 6.10 Å². The molecule has 0 aromatic heterocycles. The van der Waals surface area contributed by atoms with Gasteiger partial charge in [-0.25, -0.2) is 4.31 Å². The monoisotopic (exact) mass is 252 g/mol. The highest BCUT2D eigenvalue weighted by molar-refractivity contribution is 7.97. The molecule has 0 unspecified atom stereocenters. The molecule has 2 rings (SSSR count). The van der Waals surface area contributed by atoms with E-state index < -0.39 is 0 Å². The number of nitrogens with zero attached hydrogens (tertiary/aromatic N) is 1. The predicted octanol–water partition coefficient (Wildman–Crippen LogP) is 2.39. The lowest BCUT2D eigenvalue weighted by Crippen LogP contribution is -2.39. The van der Waals surface area contributed by atoms with Gasteiger partial charge >= 0.3 is 0 Å². The first-order valence-corrected chi connectivity index (χ1v) is 6.92. The molecule has 0 atom stereocenters. The Morgan fingerprint density at radius 1 is 1.18 bits per heavy atom. The van der Waals surface area contributed by atoms with Crippen LogP contribution in [-0.4, -0.2) is 36.6 Å². The second-order valence-electron chi connectivity index (χ2n) is 4.41. The highest BCUT2D eigenvalue weighted by Crippen LogP contribution is 2.25. The minimum atomic E-state index is 0.238. The molecular weight excluding hydrogens is 232 g/mol. The molecule has 1 saturated heterocycles. The zero-order valence-electron chi connectivity index (χ0n) is 10.5. The van der Waals surface area contributed by atoms with E-state index in [9.17, 15) is 0 Å². The summed E-state index contributed by atoms with van der Waals surface area (Å²) in [5.41, 5.74) is 0. The zero-order valence-corrected chi connectivity index (χ0v) is 11.3. The topological polar surface area (TPSA) is 24.5 Å². The van der Waals surface area contributed by atoms with Gasteiger partial charge < -0.3 is 10.1 Å². The van der Waals surface area contributed by atoms with E-state index >= 15 is 0 Å². The Bertz CT molecular complexity index is 334. The molecule has 4 heteroatoms. The smallest absolute Gasteiger partial charge is 0.119 e. The summed E-state index contributed by atoms with van der Waals surface area (Å²) in [7, 11) is 0. The average molecular weight is 252 g/mol. The second kappa shape index (κ2) is 6.28. The minimum absolute atomic E-state index is 0.238. The molecule has 1 heterocycles. The summed E-state index contributed by atoms with van der Waals surface area (Å²) in [6, 6.07) is 8.35. The van der Waals surface area contributed by atoms with Crippen LogP contribution >= 0.6 is 11.9 Å². The summed E-state index contributed by atoms with van der Waals surface area (Å²) in [5.74, 6) is 0.949.